The normalized spacial score (nSPS) is 14.7. The Hall–Kier alpha value is -2.43. The third-order valence-electron chi connectivity index (χ3n) is 4.63. The molecule has 0 saturated carbocycles. The van der Waals surface area contributed by atoms with E-state index in [9.17, 15) is 23.4 Å². The maximum atomic E-state index is 12.6. The van der Waals surface area contributed by atoms with Crippen LogP contribution in [0.5, 0.6) is 0 Å². The van der Waals surface area contributed by atoms with Gasteiger partial charge in [0.15, 0.2) is 5.69 Å². The lowest BCUT2D eigenvalue weighted by Crippen LogP contribution is -2.49. The minimum atomic E-state index is -3.59. The largest absolute Gasteiger partial charge is 0.431 e. The van der Waals surface area contributed by atoms with Crippen molar-refractivity contribution in [2.45, 2.75) is 57.8 Å². The van der Waals surface area contributed by atoms with Gasteiger partial charge in [-0.05, 0) is 25.3 Å². The van der Waals surface area contributed by atoms with Crippen molar-refractivity contribution in [3.05, 3.63) is 47.9 Å². The molecule has 166 valence electrons. The SMILES string of the molecule is CCCCC(O)C(O)C(Cc1ccccc1)NC(=O)c1coc(NS(=O)(=O)CC)n1. The van der Waals surface area contributed by atoms with E-state index < -0.39 is 34.2 Å². The first-order valence-electron chi connectivity index (χ1n) is 9.92. The number of anilines is 1. The number of hydrogen-bond acceptors (Lipinski definition) is 7. The molecule has 0 aliphatic carbocycles. The second-order valence-corrected chi connectivity index (χ2v) is 9.02. The van der Waals surface area contributed by atoms with E-state index in [-0.39, 0.29) is 17.5 Å². The van der Waals surface area contributed by atoms with Crippen LogP contribution in [0.1, 0.15) is 49.2 Å². The van der Waals surface area contributed by atoms with E-state index in [2.05, 4.69) is 15.0 Å². The van der Waals surface area contributed by atoms with Gasteiger partial charge < -0.3 is 19.9 Å². The zero-order chi connectivity index (χ0) is 22.1. The van der Waals surface area contributed by atoms with Crippen LogP contribution < -0.4 is 10.0 Å². The molecule has 2 rings (SSSR count). The third-order valence-corrected chi connectivity index (χ3v) is 5.88. The van der Waals surface area contributed by atoms with E-state index in [0.29, 0.717) is 12.8 Å². The van der Waals surface area contributed by atoms with Crippen molar-refractivity contribution in [1.29, 1.82) is 0 Å². The lowest BCUT2D eigenvalue weighted by Gasteiger charge is -2.27. The molecule has 1 heterocycles. The maximum absolute atomic E-state index is 12.6. The van der Waals surface area contributed by atoms with Crippen molar-refractivity contribution >= 4 is 21.9 Å². The molecule has 0 spiro atoms. The first kappa shape index (κ1) is 23.8. The number of sulfonamides is 1. The standard InChI is InChI=1S/C20H29N3O6S/c1-3-5-11-17(24)18(25)15(12-14-9-7-6-8-10-14)21-19(26)16-13-29-20(22-16)23-30(27,28)4-2/h6-10,13,15,17-18,24-25H,3-5,11-12H2,1-2H3,(H,21,26)(H,22,23). The summed E-state index contributed by atoms with van der Waals surface area (Å²) in [5.41, 5.74) is 0.734. The van der Waals surface area contributed by atoms with Crippen LogP contribution in [0.4, 0.5) is 6.01 Å². The summed E-state index contributed by atoms with van der Waals surface area (Å²) in [4.78, 5) is 16.5. The fourth-order valence-electron chi connectivity index (χ4n) is 2.85. The second kappa shape index (κ2) is 11.1. The lowest BCUT2D eigenvalue weighted by molar-refractivity contribution is -0.00817. The molecule has 2 aromatic rings. The average Bonchev–Trinajstić information content (AvgIpc) is 3.19. The summed E-state index contributed by atoms with van der Waals surface area (Å²) in [6.07, 6.45) is 1.16. The highest BCUT2D eigenvalue weighted by atomic mass is 32.2. The summed E-state index contributed by atoms with van der Waals surface area (Å²) in [5, 5.41) is 23.7. The van der Waals surface area contributed by atoms with Crippen molar-refractivity contribution in [2.24, 2.45) is 0 Å². The van der Waals surface area contributed by atoms with E-state index in [0.717, 1.165) is 24.7 Å². The molecule has 0 aliphatic heterocycles. The minimum absolute atomic E-state index is 0.142. The number of hydrogen-bond donors (Lipinski definition) is 4. The molecule has 3 atom stereocenters. The number of carbonyl (C=O) groups excluding carboxylic acids is 1. The molecule has 0 fully saturated rings. The quantitative estimate of drug-likeness (QED) is 0.394. The van der Waals surface area contributed by atoms with Gasteiger partial charge in [0.2, 0.25) is 10.0 Å². The van der Waals surface area contributed by atoms with E-state index in [1.807, 2.05) is 37.3 Å². The topological polar surface area (TPSA) is 142 Å². The molecule has 10 heteroatoms. The van der Waals surface area contributed by atoms with E-state index >= 15 is 0 Å². The number of nitrogens with one attached hydrogen (secondary N) is 2. The molecule has 1 aromatic heterocycles. The van der Waals surface area contributed by atoms with Crippen LogP contribution in [0.2, 0.25) is 0 Å². The highest BCUT2D eigenvalue weighted by Crippen LogP contribution is 2.15. The second-order valence-electron chi connectivity index (χ2n) is 7.01. The van der Waals surface area contributed by atoms with Crippen LogP contribution in [-0.4, -0.2) is 53.5 Å². The molecular formula is C20H29N3O6S. The Balaban J connectivity index is 2.14. The first-order chi connectivity index (χ1) is 14.3. The molecule has 9 nitrogen and oxygen atoms in total. The van der Waals surface area contributed by atoms with Crippen molar-refractivity contribution in [3.63, 3.8) is 0 Å². The number of aliphatic hydroxyl groups excluding tert-OH is 2. The van der Waals surface area contributed by atoms with Gasteiger partial charge in [-0.25, -0.2) is 13.1 Å². The zero-order valence-corrected chi connectivity index (χ0v) is 17.9. The lowest BCUT2D eigenvalue weighted by atomic mass is 9.95. The number of unbranched alkanes of at least 4 members (excludes halogenated alkanes) is 1. The molecular weight excluding hydrogens is 410 g/mol. The van der Waals surface area contributed by atoms with Gasteiger partial charge in [-0.1, -0.05) is 50.1 Å². The number of nitrogens with zero attached hydrogens (tertiary/aromatic N) is 1. The molecule has 0 bridgehead atoms. The Morgan fingerprint density at radius 2 is 1.90 bits per heavy atom. The number of aromatic nitrogens is 1. The summed E-state index contributed by atoms with van der Waals surface area (Å²) in [7, 11) is -3.59. The molecule has 30 heavy (non-hydrogen) atoms. The minimum Gasteiger partial charge on any atom is -0.431 e. The van der Waals surface area contributed by atoms with Gasteiger partial charge in [0, 0.05) is 0 Å². The fraction of sp³-hybridized carbons (Fsp3) is 0.500. The van der Waals surface area contributed by atoms with Gasteiger partial charge in [-0.3, -0.25) is 4.79 Å². The predicted molar refractivity (Wildman–Crippen MR) is 113 cm³/mol. The number of carbonyl (C=O) groups is 1. The number of benzene rings is 1. The Morgan fingerprint density at radius 1 is 1.20 bits per heavy atom. The van der Waals surface area contributed by atoms with Crippen LogP contribution in [0, 0.1) is 0 Å². The third kappa shape index (κ3) is 7.12. The summed E-state index contributed by atoms with van der Waals surface area (Å²) in [5.74, 6) is -0.818. The number of amides is 1. The smallest absolute Gasteiger partial charge is 0.309 e. The van der Waals surface area contributed by atoms with E-state index in [1.54, 1.807) is 0 Å². The fourth-order valence-corrected chi connectivity index (χ4v) is 3.35. The molecule has 1 aromatic carbocycles. The van der Waals surface area contributed by atoms with Gasteiger partial charge in [0.05, 0.1) is 17.9 Å². The molecule has 1 amide bonds. The van der Waals surface area contributed by atoms with Crippen LogP contribution in [0.3, 0.4) is 0 Å². The monoisotopic (exact) mass is 439 g/mol. The zero-order valence-electron chi connectivity index (χ0n) is 17.1. The van der Waals surface area contributed by atoms with Gasteiger partial charge in [0.25, 0.3) is 5.91 Å². The average molecular weight is 440 g/mol. The van der Waals surface area contributed by atoms with Crippen molar-refractivity contribution in [3.8, 4) is 0 Å². The van der Waals surface area contributed by atoms with Gasteiger partial charge in [-0.2, -0.15) is 4.98 Å². The predicted octanol–water partition coefficient (Wildman–Crippen LogP) is 1.69. The van der Waals surface area contributed by atoms with E-state index in [1.165, 1.54) is 6.92 Å². The summed E-state index contributed by atoms with van der Waals surface area (Å²) >= 11 is 0. The van der Waals surface area contributed by atoms with Gasteiger partial charge in [0.1, 0.15) is 12.4 Å². The summed E-state index contributed by atoms with van der Waals surface area (Å²) in [6.45, 7) is 3.44. The van der Waals surface area contributed by atoms with Crippen LogP contribution >= 0.6 is 0 Å². The van der Waals surface area contributed by atoms with Crippen LogP contribution in [-0.2, 0) is 16.4 Å². The van der Waals surface area contributed by atoms with Gasteiger partial charge >= 0.3 is 6.01 Å². The van der Waals surface area contributed by atoms with Crippen molar-refractivity contribution in [1.82, 2.24) is 10.3 Å². The first-order valence-corrected chi connectivity index (χ1v) is 11.6. The Kier molecular flexibility index (Phi) is 8.82. The number of rotatable bonds is 12. The Morgan fingerprint density at radius 3 is 2.53 bits per heavy atom. The van der Waals surface area contributed by atoms with Crippen molar-refractivity contribution < 1.29 is 27.8 Å². The Labute approximate surface area is 176 Å². The van der Waals surface area contributed by atoms with Crippen LogP contribution in [0.25, 0.3) is 0 Å². The van der Waals surface area contributed by atoms with E-state index in [4.69, 9.17) is 4.42 Å². The molecule has 0 saturated heterocycles. The molecule has 0 aliphatic rings. The van der Waals surface area contributed by atoms with Crippen LogP contribution in [0.15, 0.2) is 41.0 Å². The van der Waals surface area contributed by atoms with Crippen molar-refractivity contribution in [2.75, 3.05) is 10.5 Å². The molecule has 4 N–H and O–H groups in total. The maximum Gasteiger partial charge on any atom is 0.309 e. The molecule has 3 unspecified atom stereocenters. The highest BCUT2D eigenvalue weighted by Gasteiger charge is 2.29. The highest BCUT2D eigenvalue weighted by molar-refractivity contribution is 7.92. The number of aliphatic hydroxyl groups is 2. The summed E-state index contributed by atoms with van der Waals surface area (Å²) < 4.78 is 30.3. The summed E-state index contributed by atoms with van der Waals surface area (Å²) in [6, 6.07) is 8.17. The number of oxazole rings is 1. The van der Waals surface area contributed by atoms with Gasteiger partial charge in [-0.15, -0.1) is 0 Å². The molecule has 0 radical (unpaired) electrons. The Bertz CT molecular complexity index is 900.